The van der Waals surface area contributed by atoms with Crippen LogP contribution in [0.15, 0.2) is 0 Å². The lowest BCUT2D eigenvalue weighted by Gasteiger charge is -2.30. The number of hydrogen-bond donors (Lipinski definition) is 0. The molecule has 1 aliphatic carbocycles. The molecular weight excluding hydrogens is 290 g/mol. The second-order valence-electron chi connectivity index (χ2n) is 7.32. The third-order valence-electron chi connectivity index (χ3n) is 5.28. The fourth-order valence-corrected chi connectivity index (χ4v) is 3.59. The molecule has 1 atom stereocenters. The van der Waals surface area contributed by atoms with Crippen LogP contribution in [-0.2, 0) is 0 Å². The summed E-state index contributed by atoms with van der Waals surface area (Å²) >= 11 is 0. The maximum atomic E-state index is 2.56. The van der Waals surface area contributed by atoms with Crippen molar-refractivity contribution < 1.29 is 0 Å². The highest BCUT2D eigenvalue weighted by atomic mass is 15.1. The quantitative estimate of drug-likeness (QED) is 0.302. The Hall–Kier alpha value is -0.0400. The Labute approximate surface area is 156 Å². The third kappa shape index (κ3) is 15.5. The van der Waals surface area contributed by atoms with Gasteiger partial charge in [0.2, 0.25) is 0 Å². The van der Waals surface area contributed by atoms with E-state index in [-0.39, 0.29) is 0 Å². The topological polar surface area (TPSA) is 3.24 Å². The third-order valence-corrected chi connectivity index (χ3v) is 5.28. The molecule has 24 heavy (non-hydrogen) atoms. The first-order valence-corrected chi connectivity index (χ1v) is 11.4. The standard InChI is InChI=1S/C15H31N.C6H14.C2H6/c1-4-10-15(16(3)5-2)13-14-11-8-6-7-9-12-14;1-3-5-6-4-2;1-2/h14-15H,4-13H2,1-3H3;3-6H2,1-2H3;1-2H3/t15-;;/m1../s1. The molecule has 0 aromatic heterocycles. The van der Waals surface area contributed by atoms with Gasteiger partial charge in [-0.2, -0.15) is 0 Å². The summed E-state index contributed by atoms with van der Waals surface area (Å²) in [4.78, 5) is 2.56. The van der Waals surface area contributed by atoms with Crippen molar-refractivity contribution in [2.75, 3.05) is 13.6 Å². The van der Waals surface area contributed by atoms with Crippen LogP contribution in [-0.4, -0.2) is 24.5 Å². The highest BCUT2D eigenvalue weighted by Crippen LogP contribution is 2.28. The van der Waals surface area contributed by atoms with E-state index in [4.69, 9.17) is 0 Å². The molecule has 0 radical (unpaired) electrons. The van der Waals surface area contributed by atoms with E-state index in [0.29, 0.717) is 0 Å². The zero-order valence-corrected chi connectivity index (χ0v) is 18.5. The first-order chi connectivity index (χ1) is 11.7. The lowest BCUT2D eigenvalue weighted by atomic mass is 9.90. The second kappa shape index (κ2) is 21.0. The molecule has 0 N–H and O–H groups in total. The van der Waals surface area contributed by atoms with Crippen LogP contribution in [0.3, 0.4) is 0 Å². The molecule has 1 nitrogen and oxygen atoms in total. The van der Waals surface area contributed by atoms with Crippen molar-refractivity contribution in [1.82, 2.24) is 4.90 Å². The lowest BCUT2D eigenvalue weighted by molar-refractivity contribution is 0.195. The Kier molecular flexibility index (Phi) is 22.9. The smallest absolute Gasteiger partial charge is 0.00946 e. The summed E-state index contributed by atoms with van der Waals surface area (Å²) in [7, 11) is 2.30. The van der Waals surface area contributed by atoms with Crippen molar-refractivity contribution in [3.05, 3.63) is 0 Å². The van der Waals surface area contributed by atoms with Gasteiger partial charge in [-0.15, -0.1) is 0 Å². The Balaban J connectivity index is 0. The van der Waals surface area contributed by atoms with Gasteiger partial charge in [-0.05, 0) is 32.4 Å². The summed E-state index contributed by atoms with van der Waals surface area (Å²) in [6.45, 7) is 14.3. The van der Waals surface area contributed by atoms with E-state index in [1.54, 1.807) is 0 Å². The molecule has 0 aromatic carbocycles. The highest BCUT2D eigenvalue weighted by molar-refractivity contribution is 4.74. The Morgan fingerprint density at radius 2 is 1.29 bits per heavy atom. The minimum Gasteiger partial charge on any atom is -0.304 e. The van der Waals surface area contributed by atoms with Crippen molar-refractivity contribution in [2.24, 2.45) is 5.92 Å². The maximum absolute atomic E-state index is 2.56. The molecule has 0 saturated heterocycles. The predicted molar refractivity (Wildman–Crippen MR) is 114 cm³/mol. The van der Waals surface area contributed by atoms with Crippen LogP contribution >= 0.6 is 0 Å². The van der Waals surface area contributed by atoms with Crippen molar-refractivity contribution in [3.63, 3.8) is 0 Å². The zero-order chi connectivity index (χ0) is 18.6. The SMILES string of the molecule is CC.CCCCCC.CCC[C@H](CC1CCCCCC1)N(C)CC. The normalized spacial score (nSPS) is 16.5. The Bertz CT molecular complexity index is 202. The van der Waals surface area contributed by atoms with Crippen LogP contribution in [0.25, 0.3) is 0 Å². The van der Waals surface area contributed by atoms with Gasteiger partial charge in [0.15, 0.2) is 0 Å². The van der Waals surface area contributed by atoms with Crippen LogP contribution in [0.2, 0.25) is 0 Å². The van der Waals surface area contributed by atoms with E-state index in [0.717, 1.165) is 12.0 Å². The van der Waals surface area contributed by atoms with Gasteiger partial charge in [-0.25, -0.2) is 0 Å². The number of nitrogens with zero attached hydrogens (tertiary/aromatic N) is 1. The van der Waals surface area contributed by atoms with E-state index in [1.807, 2.05) is 13.8 Å². The molecule has 148 valence electrons. The van der Waals surface area contributed by atoms with Gasteiger partial charge in [0, 0.05) is 6.04 Å². The molecule has 1 saturated carbocycles. The molecule has 0 aliphatic heterocycles. The zero-order valence-electron chi connectivity index (χ0n) is 18.5. The fourth-order valence-electron chi connectivity index (χ4n) is 3.59. The van der Waals surface area contributed by atoms with E-state index in [2.05, 4.69) is 39.6 Å². The van der Waals surface area contributed by atoms with E-state index in [9.17, 15) is 0 Å². The van der Waals surface area contributed by atoms with Gasteiger partial charge in [-0.1, -0.05) is 112 Å². The Morgan fingerprint density at radius 1 is 0.792 bits per heavy atom. The summed E-state index contributed by atoms with van der Waals surface area (Å²) in [5.41, 5.74) is 0. The Morgan fingerprint density at radius 3 is 1.67 bits per heavy atom. The van der Waals surface area contributed by atoms with Crippen molar-refractivity contribution in [3.8, 4) is 0 Å². The highest BCUT2D eigenvalue weighted by Gasteiger charge is 2.19. The summed E-state index contributed by atoms with van der Waals surface area (Å²) < 4.78 is 0. The number of unbranched alkanes of at least 4 members (excludes halogenated alkanes) is 3. The number of hydrogen-bond acceptors (Lipinski definition) is 1. The number of rotatable bonds is 9. The van der Waals surface area contributed by atoms with Crippen molar-refractivity contribution in [1.29, 1.82) is 0 Å². The molecule has 1 rings (SSSR count). The molecule has 0 spiro atoms. The van der Waals surface area contributed by atoms with Crippen LogP contribution < -0.4 is 0 Å². The van der Waals surface area contributed by atoms with Gasteiger partial charge >= 0.3 is 0 Å². The van der Waals surface area contributed by atoms with E-state index >= 15 is 0 Å². The van der Waals surface area contributed by atoms with E-state index in [1.165, 1.54) is 90.0 Å². The summed E-state index contributed by atoms with van der Waals surface area (Å²) in [5, 5.41) is 0. The molecule has 0 unspecified atom stereocenters. The van der Waals surface area contributed by atoms with Crippen LogP contribution in [0, 0.1) is 5.92 Å². The van der Waals surface area contributed by atoms with Crippen LogP contribution in [0.5, 0.6) is 0 Å². The molecule has 1 heteroatoms. The average molecular weight is 342 g/mol. The van der Waals surface area contributed by atoms with Gasteiger partial charge in [-0.3, -0.25) is 0 Å². The minimum atomic E-state index is 0.845. The van der Waals surface area contributed by atoms with Crippen molar-refractivity contribution >= 4 is 0 Å². The van der Waals surface area contributed by atoms with Gasteiger partial charge < -0.3 is 4.90 Å². The molecule has 0 heterocycles. The first-order valence-electron chi connectivity index (χ1n) is 11.4. The maximum Gasteiger partial charge on any atom is 0.00946 e. The summed E-state index contributed by atoms with van der Waals surface area (Å²) in [5.74, 6) is 1.02. The molecule has 0 aromatic rings. The molecular formula is C23H51N. The van der Waals surface area contributed by atoms with Gasteiger partial charge in [0.25, 0.3) is 0 Å². The van der Waals surface area contributed by atoms with Crippen LogP contribution in [0.4, 0.5) is 0 Å². The average Bonchev–Trinajstić information content (AvgIpc) is 2.90. The second-order valence-corrected chi connectivity index (χ2v) is 7.32. The van der Waals surface area contributed by atoms with E-state index < -0.39 is 0 Å². The monoisotopic (exact) mass is 341 g/mol. The molecule has 1 fully saturated rings. The molecule has 0 bridgehead atoms. The van der Waals surface area contributed by atoms with Crippen molar-refractivity contribution in [2.45, 2.75) is 131 Å². The molecule has 1 aliphatic rings. The van der Waals surface area contributed by atoms with Gasteiger partial charge in [0.1, 0.15) is 0 Å². The fraction of sp³-hybridized carbons (Fsp3) is 1.00. The van der Waals surface area contributed by atoms with Crippen LogP contribution in [0.1, 0.15) is 125 Å². The predicted octanol–water partition coefficient (Wildman–Crippen LogP) is 8.08. The minimum absolute atomic E-state index is 0.845. The summed E-state index contributed by atoms with van der Waals surface area (Å²) in [6, 6.07) is 0.845. The summed E-state index contributed by atoms with van der Waals surface area (Å²) in [6.07, 6.45) is 18.7. The molecule has 0 amide bonds. The largest absolute Gasteiger partial charge is 0.304 e. The lowest BCUT2D eigenvalue weighted by Crippen LogP contribution is -2.33. The van der Waals surface area contributed by atoms with Gasteiger partial charge in [0.05, 0.1) is 0 Å². The first kappa shape index (κ1) is 26.2.